The summed E-state index contributed by atoms with van der Waals surface area (Å²) in [5, 5.41) is 10.8. The quantitative estimate of drug-likeness (QED) is 0.731. The van der Waals surface area contributed by atoms with Crippen LogP contribution in [0, 0.1) is 5.82 Å². The SMILES string of the molecule is O=C(NCCn1nc(-n2cncn2)ccc1=O)c1ccc(F)cc1. The van der Waals surface area contributed by atoms with Gasteiger partial charge >= 0.3 is 0 Å². The monoisotopic (exact) mass is 328 g/mol. The zero-order valence-corrected chi connectivity index (χ0v) is 12.5. The number of rotatable bonds is 5. The lowest BCUT2D eigenvalue weighted by Gasteiger charge is -2.08. The molecule has 0 saturated heterocycles. The van der Waals surface area contributed by atoms with E-state index in [4.69, 9.17) is 0 Å². The van der Waals surface area contributed by atoms with E-state index in [-0.39, 0.29) is 24.6 Å². The van der Waals surface area contributed by atoms with Gasteiger partial charge in [0, 0.05) is 18.2 Å². The summed E-state index contributed by atoms with van der Waals surface area (Å²) < 4.78 is 15.5. The minimum Gasteiger partial charge on any atom is -0.350 e. The Balaban J connectivity index is 1.64. The number of nitrogens with one attached hydrogen (secondary N) is 1. The van der Waals surface area contributed by atoms with Crippen LogP contribution in [0.4, 0.5) is 4.39 Å². The number of aromatic nitrogens is 5. The third-order valence-electron chi connectivity index (χ3n) is 3.22. The molecule has 8 nitrogen and oxygen atoms in total. The van der Waals surface area contributed by atoms with Crippen molar-refractivity contribution < 1.29 is 9.18 Å². The second kappa shape index (κ2) is 6.82. The summed E-state index contributed by atoms with van der Waals surface area (Å²) in [4.78, 5) is 27.6. The van der Waals surface area contributed by atoms with Gasteiger partial charge in [0.2, 0.25) is 0 Å². The van der Waals surface area contributed by atoms with Crippen LogP contribution in [0.25, 0.3) is 5.82 Å². The molecule has 0 spiro atoms. The van der Waals surface area contributed by atoms with Crippen molar-refractivity contribution in [1.29, 1.82) is 0 Å². The molecule has 0 atom stereocenters. The van der Waals surface area contributed by atoms with E-state index in [1.807, 2.05) is 0 Å². The molecule has 1 amide bonds. The molecule has 0 unspecified atom stereocenters. The molecule has 122 valence electrons. The average molecular weight is 328 g/mol. The molecular formula is C15H13FN6O2. The molecule has 9 heteroatoms. The Morgan fingerprint density at radius 1 is 1.17 bits per heavy atom. The molecule has 3 aromatic rings. The average Bonchev–Trinajstić information content (AvgIpc) is 3.11. The van der Waals surface area contributed by atoms with E-state index in [0.717, 1.165) is 0 Å². The van der Waals surface area contributed by atoms with Gasteiger partial charge in [0.1, 0.15) is 18.5 Å². The Morgan fingerprint density at radius 2 is 1.96 bits per heavy atom. The largest absolute Gasteiger partial charge is 0.350 e. The van der Waals surface area contributed by atoms with Gasteiger partial charge in [0.05, 0.1) is 6.54 Å². The molecule has 0 fully saturated rings. The molecule has 2 heterocycles. The van der Waals surface area contributed by atoms with E-state index in [2.05, 4.69) is 20.5 Å². The maximum absolute atomic E-state index is 12.8. The maximum atomic E-state index is 12.8. The highest BCUT2D eigenvalue weighted by atomic mass is 19.1. The predicted octanol–water partition coefficient (Wildman–Crippen LogP) is 0.393. The molecule has 0 bridgehead atoms. The van der Waals surface area contributed by atoms with Gasteiger partial charge in [-0.15, -0.1) is 5.10 Å². The number of nitrogens with zero attached hydrogens (tertiary/aromatic N) is 5. The van der Waals surface area contributed by atoms with Crippen LogP contribution in [0.1, 0.15) is 10.4 Å². The van der Waals surface area contributed by atoms with Crippen LogP contribution in [0.3, 0.4) is 0 Å². The number of hydrogen-bond donors (Lipinski definition) is 1. The number of carbonyl (C=O) groups is 1. The van der Waals surface area contributed by atoms with Gasteiger partial charge in [-0.05, 0) is 30.3 Å². The highest BCUT2D eigenvalue weighted by Crippen LogP contribution is 2.02. The molecule has 1 N–H and O–H groups in total. The molecule has 1 aromatic carbocycles. The molecule has 0 aliphatic rings. The van der Waals surface area contributed by atoms with Gasteiger partial charge in [-0.25, -0.2) is 18.7 Å². The molecule has 0 aliphatic heterocycles. The van der Waals surface area contributed by atoms with E-state index in [1.54, 1.807) is 0 Å². The van der Waals surface area contributed by atoms with Gasteiger partial charge in [-0.1, -0.05) is 0 Å². The zero-order valence-electron chi connectivity index (χ0n) is 12.5. The van der Waals surface area contributed by atoms with E-state index >= 15 is 0 Å². The molecular weight excluding hydrogens is 315 g/mol. The first-order valence-electron chi connectivity index (χ1n) is 7.10. The summed E-state index contributed by atoms with van der Waals surface area (Å²) in [6.45, 7) is 0.387. The Labute approximate surface area is 135 Å². The van der Waals surface area contributed by atoms with Gasteiger partial charge in [0.25, 0.3) is 11.5 Å². The summed E-state index contributed by atoms with van der Waals surface area (Å²) in [5.74, 6) is -0.320. The lowest BCUT2D eigenvalue weighted by molar-refractivity contribution is 0.0951. The predicted molar refractivity (Wildman–Crippen MR) is 82.1 cm³/mol. The van der Waals surface area contributed by atoms with Crippen molar-refractivity contribution in [3.63, 3.8) is 0 Å². The first-order valence-corrected chi connectivity index (χ1v) is 7.10. The number of hydrogen-bond acceptors (Lipinski definition) is 5. The summed E-state index contributed by atoms with van der Waals surface area (Å²) in [5.41, 5.74) is 0.0444. The number of halogens is 1. The van der Waals surface area contributed by atoms with Gasteiger partial charge in [0.15, 0.2) is 5.82 Å². The van der Waals surface area contributed by atoms with Crippen molar-refractivity contribution >= 4 is 5.91 Å². The minimum atomic E-state index is -0.410. The number of carbonyl (C=O) groups excluding carboxylic acids is 1. The van der Waals surface area contributed by atoms with E-state index in [1.165, 1.54) is 58.4 Å². The number of amides is 1. The van der Waals surface area contributed by atoms with Crippen LogP contribution in [0.15, 0.2) is 53.8 Å². The van der Waals surface area contributed by atoms with Crippen LogP contribution in [0.2, 0.25) is 0 Å². The zero-order chi connectivity index (χ0) is 16.9. The first-order chi connectivity index (χ1) is 11.6. The molecule has 0 radical (unpaired) electrons. The summed E-state index contributed by atoms with van der Waals surface area (Å²) in [7, 11) is 0. The summed E-state index contributed by atoms with van der Waals surface area (Å²) in [6.07, 6.45) is 2.83. The van der Waals surface area contributed by atoms with Crippen LogP contribution >= 0.6 is 0 Å². The third kappa shape index (κ3) is 3.51. The summed E-state index contributed by atoms with van der Waals surface area (Å²) >= 11 is 0. The second-order valence-electron chi connectivity index (χ2n) is 4.86. The van der Waals surface area contributed by atoms with Gasteiger partial charge in [-0.2, -0.15) is 5.10 Å². The van der Waals surface area contributed by atoms with Gasteiger partial charge in [-0.3, -0.25) is 9.59 Å². The second-order valence-corrected chi connectivity index (χ2v) is 4.86. The van der Waals surface area contributed by atoms with E-state index in [9.17, 15) is 14.0 Å². The van der Waals surface area contributed by atoms with Crippen LogP contribution in [-0.2, 0) is 6.54 Å². The fraction of sp³-hybridized carbons (Fsp3) is 0.133. The number of benzene rings is 1. The Morgan fingerprint density at radius 3 is 2.67 bits per heavy atom. The molecule has 24 heavy (non-hydrogen) atoms. The third-order valence-corrected chi connectivity index (χ3v) is 3.22. The van der Waals surface area contributed by atoms with Crippen LogP contribution < -0.4 is 10.9 Å². The highest BCUT2D eigenvalue weighted by molar-refractivity contribution is 5.94. The Bertz CT molecular complexity index is 889. The molecule has 0 saturated carbocycles. The molecule has 0 aliphatic carbocycles. The normalized spacial score (nSPS) is 10.5. The Kier molecular flexibility index (Phi) is 4.41. The fourth-order valence-electron chi connectivity index (χ4n) is 2.03. The topological polar surface area (TPSA) is 94.7 Å². The Hall–Kier alpha value is -3.36. The maximum Gasteiger partial charge on any atom is 0.266 e. The lowest BCUT2D eigenvalue weighted by atomic mass is 10.2. The van der Waals surface area contributed by atoms with Crippen molar-refractivity contribution in [2.75, 3.05) is 6.54 Å². The molecule has 3 rings (SSSR count). The van der Waals surface area contributed by atoms with E-state index < -0.39 is 5.82 Å². The van der Waals surface area contributed by atoms with Crippen molar-refractivity contribution in [1.82, 2.24) is 29.9 Å². The van der Waals surface area contributed by atoms with Crippen molar-refractivity contribution in [3.8, 4) is 5.82 Å². The van der Waals surface area contributed by atoms with Crippen molar-refractivity contribution in [2.24, 2.45) is 0 Å². The lowest BCUT2D eigenvalue weighted by Crippen LogP contribution is -2.32. The molecule has 2 aromatic heterocycles. The minimum absolute atomic E-state index is 0.189. The van der Waals surface area contributed by atoms with Crippen LogP contribution in [-0.4, -0.2) is 37.0 Å². The first kappa shape index (κ1) is 15.5. The smallest absolute Gasteiger partial charge is 0.266 e. The van der Waals surface area contributed by atoms with Crippen molar-refractivity contribution in [3.05, 3.63) is 70.8 Å². The van der Waals surface area contributed by atoms with E-state index in [0.29, 0.717) is 11.4 Å². The fourth-order valence-corrected chi connectivity index (χ4v) is 2.03. The standard InChI is InChI=1S/C15H13FN6O2/c16-12-3-1-11(2-4-12)15(24)18-7-8-21-14(23)6-5-13(20-21)22-10-17-9-19-22/h1-6,9-10H,7-8H2,(H,18,24). The van der Waals surface area contributed by atoms with Crippen LogP contribution in [0.5, 0.6) is 0 Å². The van der Waals surface area contributed by atoms with Crippen molar-refractivity contribution in [2.45, 2.75) is 6.54 Å². The highest BCUT2D eigenvalue weighted by Gasteiger charge is 2.07. The summed E-state index contributed by atoms with van der Waals surface area (Å²) in [6, 6.07) is 8.10. The van der Waals surface area contributed by atoms with Gasteiger partial charge < -0.3 is 5.32 Å².